The van der Waals surface area contributed by atoms with Crippen molar-refractivity contribution in [2.45, 2.75) is 19.9 Å². The van der Waals surface area contributed by atoms with E-state index < -0.39 is 0 Å². The lowest BCUT2D eigenvalue weighted by molar-refractivity contribution is -0.117. The van der Waals surface area contributed by atoms with Crippen molar-refractivity contribution in [1.29, 1.82) is 0 Å². The molecule has 1 aliphatic carbocycles. The lowest BCUT2D eigenvalue weighted by Gasteiger charge is -2.20. The molecule has 1 amide bonds. The Bertz CT molecular complexity index is 1680. The van der Waals surface area contributed by atoms with E-state index in [2.05, 4.69) is 22.4 Å². The monoisotopic (exact) mass is 523 g/mol. The van der Waals surface area contributed by atoms with Crippen LogP contribution in [-0.4, -0.2) is 51.7 Å². The maximum Gasteiger partial charge on any atom is 0.228 e. The summed E-state index contributed by atoms with van der Waals surface area (Å²) >= 11 is 0. The van der Waals surface area contributed by atoms with Crippen LogP contribution in [0.1, 0.15) is 18.9 Å². The number of benzene rings is 1. The van der Waals surface area contributed by atoms with Gasteiger partial charge in [0, 0.05) is 42.9 Å². The molecule has 6 rings (SSSR count). The summed E-state index contributed by atoms with van der Waals surface area (Å²) in [7, 11) is 5.25. The second-order valence-corrected chi connectivity index (χ2v) is 9.96. The van der Waals surface area contributed by atoms with Gasteiger partial charge in [-0.25, -0.2) is 9.97 Å². The molecule has 0 aliphatic heterocycles. The Morgan fingerprint density at radius 2 is 1.82 bits per heavy atom. The maximum atomic E-state index is 12.6. The van der Waals surface area contributed by atoms with Crippen LogP contribution >= 0.6 is 0 Å². The number of aromatic nitrogens is 5. The number of rotatable bonds is 8. The Hall–Kier alpha value is -4.73. The van der Waals surface area contributed by atoms with E-state index in [0.29, 0.717) is 29.6 Å². The highest BCUT2D eigenvalue weighted by Crippen LogP contribution is 2.39. The zero-order valence-electron chi connectivity index (χ0n) is 22.3. The first-order valence-corrected chi connectivity index (χ1v) is 12.8. The number of hydrogen-bond donors (Lipinski definition) is 1. The van der Waals surface area contributed by atoms with Gasteiger partial charge in [-0.3, -0.25) is 4.79 Å². The predicted molar refractivity (Wildman–Crippen MR) is 149 cm³/mol. The van der Waals surface area contributed by atoms with E-state index in [1.54, 1.807) is 20.4 Å². The normalized spacial score (nSPS) is 16.3. The third-order valence-corrected chi connectivity index (χ3v) is 7.19. The number of anilines is 2. The second kappa shape index (κ2) is 9.86. The maximum absolute atomic E-state index is 12.6. The molecule has 1 aliphatic rings. The van der Waals surface area contributed by atoms with E-state index in [9.17, 15) is 4.79 Å². The van der Waals surface area contributed by atoms with E-state index >= 15 is 0 Å². The number of nitrogens with zero attached hydrogens (tertiary/aromatic N) is 6. The van der Waals surface area contributed by atoms with E-state index in [1.807, 2.05) is 71.2 Å². The van der Waals surface area contributed by atoms with Crippen LogP contribution in [0, 0.1) is 11.8 Å². The zero-order valence-corrected chi connectivity index (χ0v) is 22.3. The minimum absolute atomic E-state index is 0.0246. The molecule has 0 bridgehead atoms. The zero-order chi connectivity index (χ0) is 27.1. The van der Waals surface area contributed by atoms with Crippen molar-refractivity contribution in [2.24, 2.45) is 11.8 Å². The highest BCUT2D eigenvalue weighted by Gasteiger charge is 2.39. The fourth-order valence-corrected chi connectivity index (χ4v) is 4.77. The molecular weight excluding hydrogens is 494 g/mol. The number of carbonyl (C=O) groups is 1. The van der Waals surface area contributed by atoms with Crippen LogP contribution in [0.2, 0.25) is 0 Å². The van der Waals surface area contributed by atoms with Crippen LogP contribution in [0.15, 0.2) is 61.1 Å². The fourth-order valence-electron chi connectivity index (χ4n) is 4.77. The summed E-state index contributed by atoms with van der Waals surface area (Å²) in [5.41, 5.74) is 4.02. The Balaban J connectivity index is 1.41. The van der Waals surface area contributed by atoms with Gasteiger partial charge in [0.15, 0.2) is 11.6 Å². The summed E-state index contributed by atoms with van der Waals surface area (Å²) in [6.45, 7) is 2.68. The summed E-state index contributed by atoms with van der Waals surface area (Å²) in [6, 6.07) is 13.6. The van der Waals surface area contributed by atoms with Crippen molar-refractivity contribution in [3.8, 4) is 22.8 Å². The number of imidazole rings is 1. The van der Waals surface area contributed by atoms with Crippen molar-refractivity contribution < 1.29 is 14.3 Å². The van der Waals surface area contributed by atoms with E-state index in [4.69, 9.17) is 19.4 Å². The Labute approximate surface area is 225 Å². The highest BCUT2D eigenvalue weighted by atomic mass is 16.5. The van der Waals surface area contributed by atoms with Gasteiger partial charge in [0.05, 0.1) is 26.1 Å². The van der Waals surface area contributed by atoms with Crippen LogP contribution in [-0.2, 0) is 11.3 Å². The molecule has 10 heteroatoms. The molecular formula is C29H29N7O3. The van der Waals surface area contributed by atoms with E-state index in [1.165, 1.54) is 0 Å². The molecule has 0 saturated heterocycles. The third kappa shape index (κ3) is 4.81. The van der Waals surface area contributed by atoms with Crippen molar-refractivity contribution in [3.63, 3.8) is 0 Å². The van der Waals surface area contributed by atoms with Gasteiger partial charge in [-0.15, -0.1) is 10.2 Å². The summed E-state index contributed by atoms with van der Waals surface area (Å²) < 4.78 is 12.6. The van der Waals surface area contributed by atoms with Gasteiger partial charge in [-0.2, -0.15) is 0 Å². The molecule has 1 saturated carbocycles. The molecule has 5 aromatic rings. The average Bonchev–Trinajstić information content (AvgIpc) is 3.54. The van der Waals surface area contributed by atoms with Gasteiger partial charge < -0.3 is 24.1 Å². The number of hydrogen-bond acceptors (Lipinski definition) is 8. The SMILES string of the molecule is COc1ccc(CN(C)c2ncc(-c3cn4cc(OC)ccc4n3)c3cc(NC(=O)[C@H]4C[C@H]4C)nnc23)cc1. The summed E-state index contributed by atoms with van der Waals surface area (Å²) in [6.07, 6.45) is 6.50. The summed E-state index contributed by atoms with van der Waals surface area (Å²) in [5, 5.41) is 12.6. The lowest BCUT2D eigenvalue weighted by atomic mass is 10.1. The molecule has 1 fully saturated rings. The largest absolute Gasteiger partial charge is 0.497 e. The number of carbonyl (C=O) groups excluding carboxylic acids is 1. The smallest absolute Gasteiger partial charge is 0.228 e. The van der Waals surface area contributed by atoms with E-state index in [-0.39, 0.29) is 11.8 Å². The quantitative estimate of drug-likeness (QED) is 0.315. The number of pyridine rings is 2. The first-order chi connectivity index (χ1) is 18.9. The third-order valence-electron chi connectivity index (χ3n) is 7.19. The molecule has 0 radical (unpaired) electrons. The minimum Gasteiger partial charge on any atom is -0.497 e. The standard InChI is InChI=1S/C29H29N7O3/c1-17-11-21(17)29(37)32-25-12-22-23(24-16-36-15-20(39-4)9-10-26(36)31-24)13-30-28(27(22)34-33-25)35(2)14-18-5-7-19(38-3)8-6-18/h5-10,12-13,15-17,21H,11,14H2,1-4H3,(H,32,33,37)/t17-,21+/m1/s1. The predicted octanol–water partition coefficient (Wildman–Crippen LogP) is 4.59. The molecule has 4 aromatic heterocycles. The molecule has 2 atom stereocenters. The molecule has 39 heavy (non-hydrogen) atoms. The Morgan fingerprint density at radius 1 is 1.08 bits per heavy atom. The van der Waals surface area contributed by atoms with Crippen LogP contribution in [0.4, 0.5) is 11.6 Å². The molecule has 1 aromatic carbocycles. The number of ether oxygens (including phenoxy) is 2. The van der Waals surface area contributed by atoms with Gasteiger partial charge >= 0.3 is 0 Å². The highest BCUT2D eigenvalue weighted by molar-refractivity contribution is 6.01. The molecule has 10 nitrogen and oxygen atoms in total. The van der Waals surface area contributed by atoms with Crippen molar-refractivity contribution in [2.75, 3.05) is 31.5 Å². The minimum atomic E-state index is -0.0246. The van der Waals surface area contributed by atoms with Crippen molar-refractivity contribution >= 4 is 34.1 Å². The lowest BCUT2D eigenvalue weighted by Crippen LogP contribution is -2.19. The average molecular weight is 524 g/mol. The summed E-state index contributed by atoms with van der Waals surface area (Å²) in [4.78, 5) is 24.3. The van der Waals surface area contributed by atoms with Crippen LogP contribution in [0.3, 0.4) is 0 Å². The number of amides is 1. The molecule has 1 N–H and O–H groups in total. The van der Waals surface area contributed by atoms with Gasteiger partial charge in [-0.05, 0) is 48.2 Å². The Kier molecular flexibility index (Phi) is 6.22. The molecule has 4 heterocycles. The topological polar surface area (TPSA) is 107 Å². The Morgan fingerprint density at radius 3 is 2.54 bits per heavy atom. The fraction of sp³-hybridized carbons (Fsp3) is 0.276. The van der Waals surface area contributed by atoms with Gasteiger partial charge in [0.25, 0.3) is 0 Å². The van der Waals surface area contributed by atoms with Gasteiger partial charge in [0.2, 0.25) is 5.91 Å². The first-order valence-electron chi connectivity index (χ1n) is 12.8. The van der Waals surface area contributed by atoms with Crippen LogP contribution in [0.25, 0.3) is 27.8 Å². The molecule has 0 unspecified atom stereocenters. The van der Waals surface area contributed by atoms with Gasteiger partial charge in [-0.1, -0.05) is 19.1 Å². The number of fused-ring (bicyclic) bond motifs is 2. The van der Waals surface area contributed by atoms with Crippen LogP contribution in [0.5, 0.6) is 11.5 Å². The molecule has 0 spiro atoms. The van der Waals surface area contributed by atoms with Crippen molar-refractivity contribution in [3.05, 3.63) is 66.6 Å². The van der Waals surface area contributed by atoms with Crippen molar-refractivity contribution in [1.82, 2.24) is 24.6 Å². The second-order valence-electron chi connectivity index (χ2n) is 9.96. The van der Waals surface area contributed by atoms with E-state index in [0.717, 1.165) is 45.8 Å². The molecule has 198 valence electrons. The first kappa shape index (κ1) is 24.6. The number of nitrogens with one attached hydrogen (secondary N) is 1. The van der Waals surface area contributed by atoms with Crippen LogP contribution < -0.4 is 19.7 Å². The summed E-state index contributed by atoms with van der Waals surface area (Å²) in [5.74, 6) is 3.02. The number of methoxy groups -OCH3 is 2. The van der Waals surface area contributed by atoms with Gasteiger partial charge in [0.1, 0.15) is 22.7 Å².